The first-order valence-electron chi connectivity index (χ1n) is 6.32. The highest BCUT2D eigenvalue weighted by molar-refractivity contribution is 5.88. The average molecular weight is 233 g/mol. The summed E-state index contributed by atoms with van der Waals surface area (Å²) in [6.45, 7) is 9.61. The SMILES string of the molecule is CC.CC.CC(=O)Cc1c[nH]c2ccccc12. The smallest absolute Gasteiger partial charge is 0.134 e. The highest BCUT2D eigenvalue weighted by atomic mass is 16.1. The molecule has 0 fully saturated rings. The summed E-state index contributed by atoms with van der Waals surface area (Å²) >= 11 is 0. The zero-order chi connectivity index (χ0) is 13.3. The van der Waals surface area contributed by atoms with E-state index in [2.05, 4.69) is 4.98 Å². The molecular weight excluding hydrogens is 210 g/mol. The first-order valence-corrected chi connectivity index (χ1v) is 6.32. The Kier molecular flexibility index (Phi) is 7.78. The van der Waals surface area contributed by atoms with Gasteiger partial charge >= 0.3 is 0 Å². The normalized spacial score (nSPS) is 8.76. The van der Waals surface area contributed by atoms with Gasteiger partial charge in [0, 0.05) is 23.5 Å². The molecule has 0 aliphatic heterocycles. The zero-order valence-corrected chi connectivity index (χ0v) is 11.5. The summed E-state index contributed by atoms with van der Waals surface area (Å²) in [6, 6.07) is 8.01. The number of nitrogens with one attached hydrogen (secondary N) is 1. The van der Waals surface area contributed by atoms with Crippen molar-refractivity contribution in [2.75, 3.05) is 0 Å². The lowest BCUT2D eigenvalue weighted by Gasteiger charge is -1.93. The molecule has 1 heterocycles. The quantitative estimate of drug-likeness (QED) is 0.821. The van der Waals surface area contributed by atoms with Crippen LogP contribution in [0.15, 0.2) is 30.5 Å². The molecule has 2 rings (SSSR count). The van der Waals surface area contributed by atoms with Gasteiger partial charge in [0.25, 0.3) is 0 Å². The predicted molar refractivity (Wildman–Crippen MR) is 75.4 cm³/mol. The van der Waals surface area contributed by atoms with Crippen molar-refractivity contribution in [3.63, 3.8) is 0 Å². The molecule has 2 nitrogen and oxygen atoms in total. The summed E-state index contributed by atoms with van der Waals surface area (Å²) in [5, 5.41) is 1.15. The third kappa shape index (κ3) is 4.43. The van der Waals surface area contributed by atoms with E-state index in [1.54, 1.807) is 6.92 Å². The van der Waals surface area contributed by atoms with Gasteiger partial charge in [0.15, 0.2) is 0 Å². The number of aromatic amines is 1. The zero-order valence-electron chi connectivity index (χ0n) is 11.5. The summed E-state index contributed by atoms with van der Waals surface area (Å²) in [5.41, 5.74) is 2.18. The van der Waals surface area contributed by atoms with E-state index in [0.717, 1.165) is 16.5 Å². The van der Waals surface area contributed by atoms with Crippen molar-refractivity contribution in [1.29, 1.82) is 0 Å². The molecule has 2 aromatic rings. The minimum Gasteiger partial charge on any atom is -0.361 e. The van der Waals surface area contributed by atoms with Crippen molar-refractivity contribution in [1.82, 2.24) is 4.98 Å². The van der Waals surface area contributed by atoms with Crippen molar-refractivity contribution in [2.45, 2.75) is 41.0 Å². The standard InChI is InChI=1S/C11H11NO.2C2H6/c1-8(13)6-9-7-12-11-5-3-2-4-10(9)11;2*1-2/h2-5,7,12H,6H2,1H3;2*1-2H3. The lowest BCUT2D eigenvalue weighted by atomic mass is 10.1. The Balaban J connectivity index is 0.000000581. The highest BCUT2D eigenvalue weighted by Crippen LogP contribution is 2.17. The number of rotatable bonds is 2. The Morgan fingerprint density at radius 3 is 2.29 bits per heavy atom. The van der Waals surface area contributed by atoms with Gasteiger partial charge in [0.1, 0.15) is 5.78 Å². The molecule has 0 aliphatic carbocycles. The van der Waals surface area contributed by atoms with Crippen LogP contribution in [-0.4, -0.2) is 10.8 Å². The van der Waals surface area contributed by atoms with E-state index in [1.807, 2.05) is 58.2 Å². The fourth-order valence-corrected chi connectivity index (χ4v) is 1.55. The molecular formula is C15H23NO. The Morgan fingerprint density at radius 2 is 1.71 bits per heavy atom. The third-order valence-electron chi connectivity index (χ3n) is 2.11. The molecule has 0 spiro atoms. The molecule has 2 heteroatoms. The van der Waals surface area contributed by atoms with Gasteiger partial charge in [-0.1, -0.05) is 45.9 Å². The van der Waals surface area contributed by atoms with Crippen LogP contribution in [0, 0.1) is 0 Å². The van der Waals surface area contributed by atoms with E-state index < -0.39 is 0 Å². The molecule has 1 N–H and O–H groups in total. The molecule has 0 amide bonds. The van der Waals surface area contributed by atoms with Crippen molar-refractivity contribution >= 4 is 16.7 Å². The number of hydrogen-bond acceptors (Lipinski definition) is 1. The van der Waals surface area contributed by atoms with Gasteiger partial charge < -0.3 is 4.98 Å². The van der Waals surface area contributed by atoms with Crippen molar-refractivity contribution in [3.05, 3.63) is 36.0 Å². The molecule has 17 heavy (non-hydrogen) atoms. The van der Waals surface area contributed by atoms with Crippen LogP contribution >= 0.6 is 0 Å². The van der Waals surface area contributed by atoms with E-state index >= 15 is 0 Å². The lowest BCUT2D eigenvalue weighted by Crippen LogP contribution is -1.94. The summed E-state index contributed by atoms with van der Waals surface area (Å²) < 4.78 is 0. The maximum atomic E-state index is 10.9. The second-order valence-electron chi connectivity index (χ2n) is 3.24. The van der Waals surface area contributed by atoms with E-state index in [9.17, 15) is 4.79 Å². The third-order valence-corrected chi connectivity index (χ3v) is 2.11. The summed E-state index contributed by atoms with van der Waals surface area (Å²) in [5.74, 6) is 0.199. The number of fused-ring (bicyclic) bond motifs is 1. The van der Waals surface area contributed by atoms with Crippen LogP contribution in [0.5, 0.6) is 0 Å². The van der Waals surface area contributed by atoms with Crippen molar-refractivity contribution in [3.8, 4) is 0 Å². The first kappa shape index (κ1) is 15.4. The molecule has 0 radical (unpaired) electrons. The van der Waals surface area contributed by atoms with E-state index in [1.165, 1.54) is 0 Å². The molecule has 1 aromatic heterocycles. The Bertz CT molecular complexity index is 443. The maximum absolute atomic E-state index is 10.9. The van der Waals surface area contributed by atoms with Gasteiger partial charge in [-0.15, -0.1) is 0 Å². The minimum absolute atomic E-state index is 0.199. The van der Waals surface area contributed by atoms with Crippen LogP contribution in [0.2, 0.25) is 0 Å². The van der Waals surface area contributed by atoms with E-state index in [0.29, 0.717) is 6.42 Å². The number of aromatic nitrogens is 1. The lowest BCUT2D eigenvalue weighted by molar-refractivity contribution is -0.116. The number of carbonyl (C=O) groups excluding carboxylic acids is 1. The van der Waals surface area contributed by atoms with Gasteiger partial charge in [0.2, 0.25) is 0 Å². The number of hydrogen-bond donors (Lipinski definition) is 1. The van der Waals surface area contributed by atoms with Gasteiger partial charge in [-0.2, -0.15) is 0 Å². The van der Waals surface area contributed by atoms with Crippen LogP contribution in [0.3, 0.4) is 0 Å². The molecule has 94 valence electrons. The van der Waals surface area contributed by atoms with Crippen LogP contribution in [0.4, 0.5) is 0 Å². The van der Waals surface area contributed by atoms with Gasteiger partial charge in [-0.05, 0) is 18.6 Å². The van der Waals surface area contributed by atoms with Crippen molar-refractivity contribution in [2.24, 2.45) is 0 Å². The average Bonchev–Trinajstić information content (AvgIpc) is 2.77. The monoisotopic (exact) mass is 233 g/mol. The first-order chi connectivity index (χ1) is 8.27. The molecule has 0 saturated heterocycles. The van der Waals surface area contributed by atoms with E-state index in [4.69, 9.17) is 0 Å². The van der Waals surface area contributed by atoms with Gasteiger partial charge in [-0.3, -0.25) is 4.79 Å². The summed E-state index contributed by atoms with van der Waals surface area (Å²) in [6.07, 6.45) is 2.43. The second-order valence-corrected chi connectivity index (χ2v) is 3.24. The summed E-state index contributed by atoms with van der Waals surface area (Å²) in [4.78, 5) is 14.1. The molecule has 0 saturated carbocycles. The van der Waals surface area contributed by atoms with Crippen LogP contribution in [0.1, 0.15) is 40.2 Å². The Morgan fingerprint density at radius 1 is 1.12 bits per heavy atom. The van der Waals surface area contributed by atoms with Crippen LogP contribution in [0.25, 0.3) is 10.9 Å². The second kappa shape index (κ2) is 8.57. The fraction of sp³-hybridized carbons (Fsp3) is 0.400. The molecule has 1 aromatic carbocycles. The maximum Gasteiger partial charge on any atom is 0.134 e. The highest BCUT2D eigenvalue weighted by Gasteiger charge is 2.03. The number of benzene rings is 1. The molecule has 0 aliphatic rings. The number of carbonyl (C=O) groups is 1. The molecule has 0 unspecified atom stereocenters. The molecule has 0 atom stereocenters. The number of H-pyrrole nitrogens is 1. The largest absolute Gasteiger partial charge is 0.361 e. The van der Waals surface area contributed by atoms with Crippen LogP contribution < -0.4 is 0 Å². The van der Waals surface area contributed by atoms with Gasteiger partial charge in [-0.25, -0.2) is 0 Å². The topological polar surface area (TPSA) is 32.9 Å². The molecule has 0 bridgehead atoms. The summed E-state index contributed by atoms with van der Waals surface area (Å²) in [7, 11) is 0. The Labute approximate surface area is 104 Å². The van der Waals surface area contributed by atoms with Crippen molar-refractivity contribution < 1.29 is 4.79 Å². The number of ketones is 1. The number of Topliss-reactive ketones (excluding diaryl/α,β-unsaturated/α-hetero) is 1. The predicted octanol–water partition coefficient (Wildman–Crippen LogP) is 4.35. The fourth-order valence-electron chi connectivity index (χ4n) is 1.55. The minimum atomic E-state index is 0.199. The van der Waals surface area contributed by atoms with Crippen LogP contribution in [-0.2, 0) is 11.2 Å². The van der Waals surface area contributed by atoms with E-state index in [-0.39, 0.29) is 5.78 Å². The van der Waals surface area contributed by atoms with Gasteiger partial charge in [0.05, 0.1) is 0 Å². The Hall–Kier alpha value is -1.57. The number of para-hydroxylation sites is 1.